The zero-order valence-electron chi connectivity index (χ0n) is 14.0. The SMILES string of the molecule is CC(C)NC(=O)CNC(=O)COc1ccccc1C(C)(C)C. The lowest BCUT2D eigenvalue weighted by Gasteiger charge is -2.22. The van der Waals surface area contributed by atoms with Crippen LogP contribution >= 0.6 is 0 Å². The van der Waals surface area contributed by atoms with Gasteiger partial charge in [0.15, 0.2) is 6.61 Å². The van der Waals surface area contributed by atoms with Gasteiger partial charge in [-0.25, -0.2) is 0 Å². The number of nitrogens with one attached hydrogen (secondary N) is 2. The summed E-state index contributed by atoms with van der Waals surface area (Å²) in [6, 6.07) is 7.71. The summed E-state index contributed by atoms with van der Waals surface area (Å²) in [5.41, 5.74) is 0.977. The first-order valence-electron chi connectivity index (χ1n) is 7.48. The summed E-state index contributed by atoms with van der Waals surface area (Å²) in [5.74, 6) is 0.165. The van der Waals surface area contributed by atoms with Gasteiger partial charge >= 0.3 is 0 Å². The molecule has 5 nitrogen and oxygen atoms in total. The number of ether oxygens (including phenoxy) is 1. The van der Waals surface area contributed by atoms with Crippen molar-refractivity contribution in [1.29, 1.82) is 0 Å². The van der Waals surface area contributed by atoms with E-state index in [4.69, 9.17) is 4.74 Å². The molecule has 0 atom stereocenters. The summed E-state index contributed by atoms with van der Waals surface area (Å²) in [4.78, 5) is 23.2. The smallest absolute Gasteiger partial charge is 0.258 e. The first-order valence-corrected chi connectivity index (χ1v) is 7.48. The maximum atomic E-state index is 11.8. The van der Waals surface area contributed by atoms with Gasteiger partial charge in [-0.15, -0.1) is 0 Å². The van der Waals surface area contributed by atoms with E-state index in [1.54, 1.807) is 0 Å². The Kier molecular flexibility index (Phi) is 6.40. The minimum atomic E-state index is -0.317. The average Bonchev–Trinajstić information content (AvgIpc) is 2.41. The van der Waals surface area contributed by atoms with Crippen LogP contribution in [0.1, 0.15) is 40.2 Å². The number of benzene rings is 1. The predicted molar refractivity (Wildman–Crippen MR) is 86.9 cm³/mol. The minimum Gasteiger partial charge on any atom is -0.483 e. The summed E-state index contributed by atoms with van der Waals surface area (Å²) in [7, 11) is 0. The zero-order valence-corrected chi connectivity index (χ0v) is 14.0. The summed E-state index contributed by atoms with van der Waals surface area (Å²) >= 11 is 0. The van der Waals surface area contributed by atoms with Gasteiger partial charge in [0.05, 0.1) is 6.54 Å². The third-order valence-electron chi connectivity index (χ3n) is 2.95. The number of hydrogen-bond acceptors (Lipinski definition) is 3. The molecule has 0 aliphatic heterocycles. The molecule has 0 bridgehead atoms. The number of rotatable bonds is 6. The Balaban J connectivity index is 2.50. The van der Waals surface area contributed by atoms with Crippen molar-refractivity contribution >= 4 is 11.8 Å². The van der Waals surface area contributed by atoms with Gasteiger partial charge in [-0.1, -0.05) is 39.0 Å². The zero-order chi connectivity index (χ0) is 16.8. The standard InChI is InChI=1S/C17H26N2O3/c1-12(2)19-15(20)10-18-16(21)11-22-14-9-7-6-8-13(14)17(3,4)5/h6-9,12H,10-11H2,1-5H3,(H,18,21)(H,19,20). The molecule has 0 heterocycles. The number of para-hydroxylation sites is 1. The predicted octanol–water partition coefficient (Wildman–Crippen LogP) is 2.00. The molecule has 22 heavy (non-hydrogen) atoms. The molecule has 1 aromatic carbocycles. The van der Waals surface area contributed by atoms with Gasteiger partial charge in [0.2, 0.25) is 5.91 Å². The van der Waals surface area contributed by atoms with E-state index in [2.05, 4.69) is 31.4 Å². The van der Waals surface area contributed by atoms with E-state index in [-0.39, 0.29) is 36.4 Å². The molecule has 1 rings (SSSR count). The molecule has 0 radical (unpaired) electrons. The second kappa shape index (κ2) is 7.82. The van der Waals surface area contributed by atoms with Gasteiger partial charge < -0.3 is 15.4 Å². The van der Waals surface area contributed by atoms with Gasteiger partial charge in [-0.05, 0) is 30.9 Å². The van der Waals surface area contributed by atoms with E-state index >= 15 is 0 Å². The molecule has 1 aromatic rings. The highest BCUT2D eigenvalue weighted by atomic mass is 16.5. The first-order chi connectivity index (χ1) is 10.2. The van der Waals surface area contributed by atoms with Gasteiger partial charge in [0.1, 0.15) is 5.75 Å². The molecule has 0 saturated carbocycles. The second-order valence-corrected chi connectivity index (χ2v) is 6.53. The van der Waals surface area contributed by atoms with Crippen LogP contribution in [0.5, 0.6) is 5.75 Å². The average molecular weight is 306 g/mol. The Hall–Kier alpha value is -2.04. The molecule has 0 unspecified atom stereocenters. The van der Waals surface area contributed by atoms with E-state index < -0.39 is 0 Å². The van der Waals surface area contributed by atoms with Gasteiger partial charge in [0, 0.05) is 6.04 Å². The summed E-state index contributed by atoms with van der Waals surface area (Å²) in [5, 5.41) is 5.25. The molecule has 0 spiro atoms. The lowest BCUT2D eigenvalue weighted by molar-refractivity contribution is -0.127. The molecular weight excluding hydrogens is 280 g/mol. The van der Waals surface area contributed by atoms with Crippen LogP contribution in [0.2, 0.25) is 0 Å². The van der Waals surface area contributed by atoms with Gasteiger partial charge in [-0.3, -0.25) is 9.59 Å². The highest BCUT2D eigenvalue weighted by Crippen LogP contribution is 2.30. The lowest BCUT2D eigenvalue weighted by atomic mass is 9.86. The van der Waals surface area contributed by atoms with Crippen LogP contribution in [0.15, 0.2) is 24.3 Å². The molecule has 0 aromatic heterocycles. The second-order valence-electron chi connectivity index (χ2n) is 6.53. The number of hydrogen-bond donors (Lipinski definition) is 2. The molecule has 0 aliphatic rings. The monoisotopic (exact) mass is 306 g/mol. The topological polar surface area (TPSA) is 67.4 Å². The third-order valence-corrected chi connectivity index (χ3v) is 2.95. The fourth-order valence-electron chi connectivity index (χ4n) is 1.96. The normalized spacial score (nSPS) is 11.2. The summed E-state index contributed by atoms with van der Waals surface area (Å²) in [6.07, 6.45) is 0. The van der Waals surface area contributed by atoms with E-state index in [0.29, 0.717) is 5.75 Å². The van der Waals surface area contributed by atoms with Crippen LogP contribution in [0.3, 0.4) is 0 Å². The quantitative estimate of drug-likeness (QED) is 0.845. The molecule has 122 valence electrons. The Bertz CT molecular complexity index is 519. The fraction of sp³-hybridized carbons (Fsp3) is 0.529. The van der Waals surface area contributed by atoms with E-state index in [0.717, 1.165) is 5.56 Å². The van der Waals surface area contributed by atoms with Crippen molar-refractivity contribution in [3.63, 3.8) is 0 Å². The molecule has 0 saturated heterocycles. The van der Waals surface area contributed by atoms with Crippen LogP contribution in [0, 0.1) is 0 Å². The van der Waals surface area contributed by atoms with Gasteiger partial charge in [0.25, 0.3) is 5.91 Å². The Morgan fingerprint density at radius 1 is 1.14 bits per heavy atom. The van der Waals surface area contributed by atoms with Crippen LogP contribution in [0.4, 0.5) is 0 Å². The maximum absolute atomic E-state index is 11.8. The summed E-state index contributed by atoms with van der Waals surface area (Å²) in [6.45, 7) is 9.85. The van der Waals surface area contributed by atoms with Crippen molar-refractivity contribution in [2.45, 2.75) is 46.1 Å². The van der Waals surface area contributed by atoms with Crippen molar-refractivity contribution in [1.82, 2.24) is 10.6 Å². The Labute approximate surface area is 132 Å². The molecule has 5 heteroatoms. The van der Waals surface area contributed by atoms with Crippen molar-refractivity contribution in [3.05, 3.63) is 29.8 Å². The third kappa shape index (κ3) is 6.16. The maximum Gasteiger partial charge on any atom is 0.258 e. The highest BCUT2D eigenvalue weighted by Gasteiger charge is 2.18. The van der Waals surface area contributed by atoms with Crippen molar-refractivity contribution in [2.24, 2.45) is 0 Å². The van der Waals surface area contributed by atoms with E-state index in [1.165, 1.54) is 0 Å². The number of carbonyl (C=O) groups is 2. The Morgan fingerprint density at radius 2 is 1.77 bits per heavy atom. The molecule has 0 aliphatic carbocycles. The van der Waals surface area contributed by atoms with Crippen molar-refractivity contribution in [2.75, 3.05) is 13.2 Å². The van der Waals surface area contributed by atoms with Crippen LogP contribution in [-0.2, 0) is 15.0 Å². The van der Waals surface area contributed by atoms with E-state index in [9.17, 15) is 9.59 Å². The molecule has 2 N–H and O–H groups in total. The fourth-order valence-corrected chi connectivity index (χ4v) is 1.96. The van der Waals surface area contributed by atoms with Crippen LogP contribution in [-0.4, -0.2) is 31.0 Å². The van der Waals surface area contributed by atoms with Gasteiger partial charge in [-0.2, -0.15) is 0 Å². The molecular formula is C17H26N2O3. The number of carbonyl (C=O) groups excluding carboxylic acids is 2. The van der Waals surface area contributed by atoms with Crippen LogP contribution < -0.4 is 15.4 Å². The van der Waals surface area contributed by atoms with Crippen LogP contribution in [0.25, 0.3) is 0 Å². The molecule has 0 fully saturated rings. The van der Waals surface area contributed by atoms with Crippen molar-refractivity contribution in [3.8, 4) is 5.75 Å². The largest absolute Gasteiger partial charge is 0.483 e. The first kappa shape index (κ1) is 18.0. The Morgan fingerprint density at radius 3 is 2.36 bits per heavy atom. The minimum absolute atomic E-state index is 0.0404. The number of amides is 2. The highest BCUT2D eigenvalue weighted by molar-refractivity contribution is 5.85. The molecule has 2 amide bonds. The van der Waals surface area contributed by atoms with Crippen molar-refractivity contribution < 1.29 is 14.3 Å². The van der Waals surface area contributed by atoms with E-state index in [1.807, 2.05) is 38.1 Å². The summed E-state index contributed by atoms with van der Waals surface area (Å²) < 4.78 is 5.60. The lowest BCUT2D eigenvalue weighted by Crippen LogP contribution is -2.41.